The summed E-state index contributed by atoms with van der Waals surface area (Å²) in [6.07, 6.45) is 0.756. The number of carbonyl (C=O) groups excluding carboxylic acids is 1. The Morgan fingerprint density at radius 2 is 2.00 bits per heavy atom. The molecule has 0 aromatic carbocycles. The van der Waals surface area contributed by atoms with E-state index < -0.39 is 18.1 Å². The standard InChI is InChI=1S/C10H15NO4/c1-6(2)3-9(13)11-5-7(12)4-8(11)10(14)15/h3,7-8,12H,4-5H2,1-2H3,(H,14,15). The van der Waals surface area contributed by atoms with Gasteiger partial charge in [0.1, 0.15) is 6.04 Å². The van der Waals surface area contributed by atoms with Crippen molar-refractivity contribution < 1.29 is 19.8 Å². The van der Waals surface area contributed by atoms with Crippen LogP contribution in [0.1, 0.15) is 20.3 Å². The van der Waals surface area contributed by atoms with Crippen molar-refractivity contribution in [2.45, 2.75) is 32.4 Å². The first-order chi connectivity index (χ1) is 6.91. The van der Waals surface area contributed by atoms with Crippen molar-refractivity contribution in [3.63, 3.8) is 0 Å². The molecule has 84 valence electrons. The van der Waals surface area contributed by atoms with E-state index in [1.807, 2.05) is 0 Å². The third-order valence-corrected chi connectivity index (χ3v) is 2.26. The van der Waals surface area contributed by atoms with Crippen molar-refractivity contribution in [2.24, 2.45) is 0 Å². The van der Waals surface area contributed by atoms with E-state index >= 15 is 0 Å². The molecule has 1 aliphatic heterocycles. The van der Waals surface area contributed by atoms with Gasteiger partial charge in [-0.05, 0) is 13.8 Å². The zero-order valence-electron chi connectivity index (χ0n) is 8.80. The number of likely N-dealkylation sites (tertiary alicyclic amines) is 1. The van der Waals surface area contributed by atoms with Crippen molar-refractivity contribution >= 4 is 11.9 Å². The molecule has 0 aliphatic carbocycles. The minimum Gasteiger partial charge on any atom is -0.480 e. The third kappa shape index (κ3) is 2.79. The number of aliphatic hydroxyl groups is 1. The maximum atomic E-state index is 11.6. The molecule has 1 rings (SSSR count). The van der Waals surface area contributed by atoms with Gasteiger partial charge in [-0.15, -0.1) is 0 Å². The van der Waals surface area contributed by atoms with Crippen molar-refractivity contribution in [3.05, 3.63) is 11.6 Å². The van der Waals surface area contributed by atoms with E-state index in [-0.39, 0.29) is 18.9 Å². The molecule has 1 fully saturated rings. The minimum atomic E-state index is -1.07. The Morgan fingerprint density at radius 1 is 1.40 bits per heavy atom. The second-order valence-electron chi connectivity index (χ2n) is 3.96. The van der Waals surface area contributed by atoms with E-state index in [1.54, 1.807) is 13.8 Å². The minimum absolute atomic E-state index is 0.0968. The number of rotatable bonds is 2. The summed E-state index contributed by atoms with van der Waals surface area (Å²) in [5, 5.41) is 18.2. The van der Waals surface area contributed by atoms with Gasteiger partial charge < -0.3 is 15.1 Å². The average Bonchev–Trinajstić information content (AvgIpc) is 2.46. The lowest BCUT2D eigenvalue weighted by atomic mass is 10.2. The van der Waals surface area contributed by atoms with Crippen LogP contribution in [0.15, 0.2) is 11.6 Å². The van der Waals surface area contributed by atoms with Crippen LogP contribution in [0.5, 0.6) is 0 Å². The fourth-order valence-corrected chi connectivity index (χ4v) is 1.62. The Hall–Kier alpha value is -1.36. The van der Waals surface area contributed by atoms with Crippen LogP contribution in [0.2, 0.25) is 0 Å². The lowest BCUT2D eigenvalue weighted by molar-refractivity contribution is -0.146. The zero-order chi connectivity index (χ0) is 11.6. The summed E-state index contributed by atoms with van der Waals surface area (Å²) >= 11 is 0. The van der Waals surface area contributed by atoms with Gasteiger partial charge in [0.2, 0.25) is 5.91 Å². The van der Waals surface area contributed by atoms with Gasteiger partial charge in [-0.25, -0.2) is 4.79 Å². The molecule has 5 heteroatoms. The van der Waals surface area contributed by atoms with Crippen molar-refractivity contribution in [1.82, 2.24) is 4.90 Å². The first-order valence-corrected chi connectivity index (χ1v) is 4.78. The van der Waals surface area contributed by atoms with E-state index in [4.69, 9.17) is 5.11 Å². The molecule has 5 nitrogen and oxygen atoms in total. The summed E-state index contributed by atoms with van der Waals surface area (Å²) in [5.74, 6) is -1.42. The molecule has 0 saturated carbocycles. The quantitative estimate of drug-likeness (QED) is 0.633. The van der Waals surface area contributed by atoms with Crippen LogP contribution in [0, 0.1) is 0 Å². The zero-order valence-corrected chi connectivity index (χ0v) is 8.80. The fourth-order valence-electron chi connectivity index (χ4n) is 1.62. The van der Waals surface area contributed by atoms with E-state index in [1.165, 1.54) is 11.0 Å². The largest absolute Gasteiger partial charge is 0.480 e. The summed E-state index contributed by atoms with van der Waals surface area (Å²) < 4.78 is 0. The molecular weight excluding hydrogens is 198 g/mol. The monoisotopic (exact) mass is 213 g/mol. The average molecular weight is 213 g/mol. The van der Waals surface area contributed by atoms with Crippen LogP contribution in [-0.4, -0.2) is 45.7 Å². The Kier molecular flexibility index (Phi) is 3.47. The molecule has 1 saturated heterocycles. The van der Waals surface area contributed by atoms with E-state index in [2.05, 4.69) is 0 Å². The third-order valence-electron chi connectivity index (χ3n) is 2.26. The summed E-state index contributed by atoms with van der Waals surface area (Å²) in [6.45, 7) is 3.62. The summed E-state index contributed by atoms with van der Waals surface area (Å²) in [5.41, 5.74) is 0.811. The van der Waals surface area contributed by atoms with Gasteiger partial charge >= 0.3 is 5.97 Å². The van der Waals surface area contributed by atoms with Crippen LogP contribution in [0.25, 0.3) is 0 Å². The maximum absolute atomic E-state index is 11.6. The molecule has 2 N–H and O–H groups in total. The van der Waals surface area contributed by atoms with E-state index in [0.717, 1.165) is 5.57 Å². The number of allylic oxidation sites excluding steroid dienone is 1. The second-order valence-corrected chi connectivity index (χ2v) is 3.96. The highest BCUT2D eigenvalue weighted by atomic mass is 16.4. The van der Waals surface area contributed by atoms with Crippen LogP contribution >= 0.6 is 0 Å². The molecule has 15 heavy (non-hydrogen) atoms. The molecule has 1 amide bonds. The molecule has 1 aliphatic rings. The predicted octanol–water partition coefficient (Wildman–Crippen LogP) is -0.00100. The number of carboxylic acid groups (broad SMARTS) is 1. The number of carbonyl (C=O) groups is 2. The number of aliphatic carboxylic acids is 1. The number of nitrogens with zero attached hydrogens (tertiary/aromatic N) is 1. The lowest BCUT2D eigenvalue weighted by Gasteiger charge is -2.19. The first-order valence-electron chi connectivity index (χ1n) is 4.78. The Labute approximate surface area is 88.0 Å². The summed E-state index contributed by atoms with van der Waals surface area (Å²) in [7, 11) is 0. The normalized spacial score (nSPS) is 25.1. The van der Waals surface area contributed by atoms with Crippen LogP contribution in [-0.2, 0) is 9.59 Å². The Bertz CT molecular complexity index is 307. The molecule has 2 atom stereocenters. The summed E-state index contributed by atoms with van der Waals surface area (Å²) in [6, 6.07) is -0.900. The lowest BCUT2D eigenvalue weighted by Crippen LogP contribution is -2.39. The Morgan fingerprint density at radius 3 is 2.47 bits per heavy atom. The molecule has 0 aromatic heterocycles. The first kappa shape index (κ1) is 11.7. The van der Waals surface area contributed by atoms with Crippen molar-refractivity contribution in [3.8, 4) is 0 Å². The number of carboxylic acids is 1. The smallest absolute Gasteiger partial charge is 0.326 e. The van der Waals surface area contributed by atoms with Crippen LogP contribution in [0.3, 0.4) is 0 Å². The number of aliphatic hydroxyl groups excluding tert-OH is 1. The number of β-amino-alcohol motifs (C(OH)–C–C–N with tert-alkyl or cyclic N) is 1. The van der Waals surface area contributed by atoms with Gasteiger partial charge in [-0.1, -0.05) is 5.57 Å². The summed E-state index contributed by atoms with van der Waals surface area (Å²) in [4.78, 5) is 23.6. The molecule has 0 radical (unpaired) electrons. The molecule has 2 unspecified atom stereocenters. The second kappa shape index (κ2) is 4.44. The molecular formula is C10H15NO4. The van der Waals surface area contributed by atoms with Gasteiger partial charge in [-0.3, -0.25) is 4.79 Å². The highest BCUT2D eigenvalue weighted by Gasteiger charge is 2.37. The van der Waals surface area contributed by atoms with Crippen molar-refractivity contribution in [2.75, 3.05) is 6.54 Å². The van der Waals surface area contributed by atoms with Gasteiger partial charge in [-0.2, -0.15) is 0 Å². The maximum Gasteiger partial charge on any atom is 0.326 e. The molecule has 0 spiro atoms. The Balaban J connectivity index is 2.80. The van der Waals surface area contributed by atoms with Gasteiger partial charge in [0.05, 0.1) is 6.10 Å². The fraction of sp³-hybridized carbons (Fsp3) is 0.600. The van der Waals surface area contributed by atoms with Gasteiger partial charge in [0.15, 0.2) is 0 Å². The van der Waals surface area contributed by atoms with Crippen molar-refractivity contribution in [1.29, 1.82) is 0 Å². The van der Waals surface area contributed by atoms with Gasteiger partial charge in [0.25, 0.3) is 0 Å². The topological polar surface area (TPSA) is 77.8 Å². The molecule has 1 heterocycles. The van der Waals surface area contributed by atoms with E-state index in [0.29, 0.717) is 0 Å². The SMILES string of the molecule is CC(C)=CC(=O)N1CC(O)CC1C(=O)O. The number of hydrogen-bond acceptors (Lipinski definition) is 3. The number of hydrogen-bond donors (Lipinski definition) is 2. The molecule has 0 bridgehead atoms. The highest BCUT2D eigenvalue weighted by Crippen LogP contribution is 2.18. The van der Waals surface area contributed by atoms with Crippen LogP contribution < -0.4 is 0 Å². The number of amides is 1. The molecule has 0 aromatic rings. The van der Waals surface area contributed by atoms with Crippen LogP contribution in [0.4, 0.5) is 0 Å². The highest BCUT2D eigenvalue weighted by molar-refractivity contribution is 5.92. The van der Waals surface area contributed by atoms with Gasteiger partial charge in [0, 0.05) is 19.0 Å². The predicted molar refractivity (Wildman–Crippen MR) is 53.2 cm³/mol. The van der Waals surface area contributed by atoms with E-state index in [9.17, 15) is 14.7 Å².